The van der Waals surface area contributed by atoms with Gasteiger partial charge in [0.1, 0.15) is 5.75 Å². The minimum Gasteiger partial charge on any atom is -0.495 e. The van der Waals surface area contributed by atoms with Crippen molar-refractivity contribution in [1.82, 2.24) is 5.43 Å². The lowest BCUT2D eigenvalue weighted by molar-refractivity contribution is 0.414. The Kier molecular flexibility index (Phi) is 3.54. The van der Waals surface area contributed by atoms with Gasteiger partial charge in [-0.05, 0) is 24.6 Å². The maximum atomic E-state index is 5.94. The summed E-state index contributed by atoms with van der Waals surface area (Å²) >= 11 is 5.94. The van der Waals surface area contributed by atoms with Crippen molar-refractivity contribution in [3.63, 3.8) is 0 Å². The van der Waals surface area contributed by atoms with E-state index in [-0.39, 0.29) is 6.04 Å². The Bertz CT molecular complexity index is 291. The fourth-order valence-corrected chi connectivity index (χ4v) is 1.31. The highest BCUT2D eigenvalue weighted by Crippen LogP contribution is 2.27. The molecule has 1 aromatic carbocycles. The van der Waals surface area contributed by atoms with Crippen LogP contribution in [0.15, 0.2) is 18.2 Å². The first-order valence-electron chi connectivity index (χ1n) is 3.98. The minimum absolute atomic E-state index is 0.0865. The van der Waals surface area contributed by atoms with Crippen LogP contribution in [0.25, 0.3) is 0 Å². The van der Waals surface area contributed by atoms with Gasteiger partial charge < -0.3 is 4.74 Å². The van der Waals surface area contributed by atoms with Gasteiger partial charge in [0.15, 0.2) is 0 Å². The first kappa shape index (κ1) is 10.3. The zero-order valence-electron chi connectivity index (χ0n) is 7.67. The third-order valence-corrected chi connectivity index (χ3v) is 2.22. The average Bonchev–Trinajstić information content (AvgIpc) is 2.16. The van der Waals surface area contributed by atoms with Crippen LogP contribution < -0.4 is 16.0 Å². The van der Waals surface area contributed by atoms with Crippen LogP contribution in [-0.4, -0.2) is 7.11 Å². The number of halogens is 1. The number of rotatable bonds is 3. The fourth-order valence-electron chi connectivity index (χ4n) is 1.05. The molecule has 1 aromatic rings. The molecule has 0 aliphatic heterocycles. The first-order chi connectivity index (χ1) is 6.19. The van der Waals surface area contributed by atoms with Gasteiger partial charge in [-0.3, -0.25) is 11.3 Å². The number of nitrogens with one attached hydrogen (secondary N) is 1. The SMILES string of the molecule is COc1ccc(C(C)NN)cc1Cl. The maximum absolute atomic E-state index is 5.94. The quantitative estimate of drug-likeness (QED) is 0.579. The van der Waals surface area contributed by atoms with Gasteiger partial charge in [0.25, 0.3) is 0 Å². The van der Waals surface area contributed by atoms with Crippen molar-refractivity contribution in [3.8, 4) is 5.75 Å². The van der Waals surface area contributed by atoms with Crippen molar-refractivity contribution in [2.75, 3.05) is 7.11 Å². The maximum Gasteiger partial charge on any atom is 0.137 e. The number of ether oxygens (including phenoxy) is 1. The van der Waals surface area contributed by atoms with Gasteiger partial charge in [-0.15, -0.1) is 0 Å². The van der Waals surface area contributed by atoms with E-state index in [4.69, 9.17) is 22.2 Å². The van der Waals surface area contributed by atoms with Gasteiger partial charge in [-0.2, -0.15) is 0 Å². The molecule has 1 unspecified atom stereocenters. The molecule has 1 rings (SSSR count). The Morgan fingerprint density at radius 3 is 2.69 bits per heavy atom. The smallest absolute Gasteiger partial charge is 0.137 e. The molecule has 0 radical (unpaired) electrons. The Balaban J connectivity index is 2.95. The summed E-state index contributed by atoms with van der Waals surface area (Å²) in [6.45, 7) is 1.96. The number of hydrogen-bond donors (Lipinski definition) is 2. The second-order valence-corrected chi connectivity index (χ2v) is 3.19. The van der Waals surface area contributed by atoms with E-state index in [1.807, 2.05) is 25.1 Å². The highest BCUT2D eigenvalue weighted by molar-refractivity contribution is 6.32. The molecule has 0 fully saturated rings. The van der Waals surface area contributed by atoms with E-state index >= 15 is 0 Å². The van der Waals surface area contributed by atoms with Crippen molar-refractivity contribution in [2.24, 2.45) is 5.84 Å². The summed E-state index contributed by atoms with van der Waals surface area (Å²) in [7, 11) is 1.59. The Hall–Kier alpha value is -0.770. The van der Waals surface area contributed by atoms with E-state index in [0.717, 1.165) is 5.56 Å². The summed E-state index contributed by atoms with van der Waals surface area (Å²) < 4.78 is 5.03. The Morgan fingerprint density at radius 2 is 2.23 bits per heavy atom. The number of methoxy groups -OCH3 is 1. The van der Waals surface area contributed by atoms with Crippen LogP contribution in [-0.2, 0) is 0 Å². The van der Waals surface area contributed by atoms with Gasteiger partial charge in [0.05, 0.1) is 12.1 Å². The van der Waals surface area contributed by atoms with Crippen LogP contribution in [0, 0.1) is 0 Å². The highest BCUT2D eigenvalue weighted by atomic mass is 35.5. The van der Waals surface area contributed by atoms with Crippen molar-refractivity contribution in [2.45, 2.75) is 13.0 Å². The van der Waals surface area contributed by atoms with Crippen LogP contribution in [0.2, 0.25) is 5.02 Å². The molecule has 13 heavy (non-hydrogen) atoms. The van der Waals surface area contributed by atoms with E-state index in [0.29, 0.717) is 10.8 Å². The Morgan fingerprint density at radius 1 is 1.54 bits per heavy atom. The minimum atomic E-state index is 0.0865. The van der Waals surface area contributed by atoms with Crippen LogP contribution in [0.3, 0.4) is 0 Å². The second kappa shape index (κ2) is 4.46. The first-order valence-corrected chi connectivity index (χ1v) is 4.36. The van der Waals surface area contributed by atoms with Crippen molar-refractivity contribution in [3.05, 3.63) is 28.8 Å². The van der Waals surface area contributed by atoms with Crippen molar-refractivity contribution in [1.29, 1.82) is 0 Å². The van der Waals surface area contributed by atoms with Crippen molar-refractivity contribution >= 4 is 11.6 Å². The summed E-state index contributed by atoms with van der Waals surface area (Å²) in [4.78, 5) is 0. The number of nitrogens with two attached hydrogens (primary N) is 1. The molecular formula is C9H13ClN2O. The molecule has 0 saturated carbocycles. The molecule has 0 aromatic heterocycles. The van der Waals surface area contributed by atoms with E-state index in [9.17, 15) is 0 Å². The molecule has 0 saturated heterocycles. The van der Waals surface area contributed by atoms with E-state index in [1.54, 1.807) is 7.11 Å². The summed E-state index contributed by atoms with van der Waals surface area (Å²) in [6.07, 6.45) is 0. The third-order valence-electron chi connectivity index (χ3n) is 1.93. The molecule has 0 aliphatic rings. The monoisotopic (exact) mass is 200 g/mol. The molecule has 0 bridgehead atoms. The van der Waals surface area contributed by atoms with Gasteiger partial charge in [0.2, 0.25) is 0 Å². The van der Waals surface area contributed by atoms with E-state index in [2.05, 4.69) is 5.43 Å². The number of benzene rings is 1. The molecule has 0 aliphatic carbocycles. The predicted octanol–water partition coefficient (Wildman–Crippen LogP) is 1.87. The van der Waals surface area contributed by atoms with Crippen molar-refractivity contribution < 1.29 is 4.74 Å². The molecule has 0 heterocycles. The molecule has 3 nitrogen and oxygen atoms in total. The van der Waals surface area contributed by atoms with Crippen LogP contribution in [0.4, 0.5) is 0 Å². The molecular weight excluding hydrogens is 188 g/mol. The lowest BCUT2D eigenvalue weighted by Gasteiger charge is -2.11. The zero-order chi connectivity index (χ0) is 9.84. The fraction of sp³-hybridized carbons (Fsp3) is 0.333. The van der Waals surface area contributed by atoms with E-state index < -0.39 is 0 Å². The van der Waals surface area contributed by atoms with Crippen LogP contribution >= 0.6 is 11.6 Å². The predicted molar refractivity (Wildman–Crippen MR) is 53.7 cm³/mol. The second-order valence-electron chi connectivity index (χ2n) is 2.78. The van der Waals surface area contributed by atoms with Gasteiger partial charge >= 0.3 is 0 Å². The summed E-state index contributed by atoms with van der Waals surface area (Å²) in [6, 6.07) is 5.68. The molecule has 0 amide bonds. The standard InChI is InChI=1S/C9H13ClN2O/c1-6(12-11)7-3-4-9(13-2)8(10)5-7/h3-6,12H,11H2,1-2H3. The van der Waals surface area contributed by atoms with Crippen LogP contribution in [0.1, 0.15) is 18.5 Å². The molecule has 1 atom stereocenters. The topological polar surface area (TPSA) is 47.3 Å². The summed E-state index contributed by atoms with van der Waals surface area (Å²) in [5.74, 6) is 5.98. The average molecular weight is 201 g/mol. The van der Waals surface area contributed by atoms with Crippen LogP contribution in [0.5, 0.6) is 5.75 Å². The zero-order valence-corrected chi connectivity index (χ0v) is 8.43. The Labute approximate surface area is 82.8 Å². The number of hydrogen-bond acceptors (Lipinski definition) is 3. The summed E-state index contributed by atoms with van der Waals surface area (Å²) in [5.41, 5.74) is 3.68. The van der Waals surface area contributed by atoms with Gasteiger partial charge in [-0.25, -0.2) is 0 Å². The molecule has 3 N–H and O–H groups in total. The lowest BCUT2D eigenvalue weighted by atomic mass is 10.1. The molecule has 4 heteroatoms. The normalized spacial score (nSPS) is 12.6. The lowest BCUT2D eigenvalue weighted by Crippen LogP contribution is -2.25. The largest absolute Gasteiger partial charge is 0.495 e. The molecule has 0 spiro atoms. The molecule has 72 valence electrons. The van der Waals surface area contributed by atoms with Gasteiger partial charge in [-0.1, -0.05) is 17.7 Å². The van der Waals surface area contributed by atoms with E-state index in [1.165, 1.54) is 0 Å². The number of hydrazine groups is 1. The van der Waals surface area contributed by atoms with Gasteiger partial charge in [0, 0.05) is 6.04 Å². The third kappa shape index (κ3) is 2.34. The highest BCUT2D eigenvalue weighted by Gasteiger charge is 2.06. The summed E-state index contributed by atoms with van der Waals surface area (Å²) in [5, 5.41) is 0.599.